The number of nitrogens with zero attached hydrogens (tertiary/aromatic N) is 2. The molecule has 3 rings (SSSR count). The Labute approximate surface area is 151 Å². The second-order valence-electron chi connectivity index (χ2n) is 6.29. The Morgan fingerprint density at radius 3 is 2.60 bits per heavy atom. The molecule has 9 heteroatoms. The second-order valence-corrected chi connectivity index (χ2v) is 9.52. The molecule has 0 saturated heterocycles. The Balaban J connectivity index is 1.74. The molecule has 0 aliphatic carbocycles. The van der Waals surface area contributed by atoms with Crippen LogP contribution in [0.2, 0.25) is 0 Å². The van der Waals surface area contributed by atoms with E-state index in [2.05, 4.69) is 17.3 Å². The van der Waals surface area contributed by atoms with Crippen molar-refractivity contribution in [2.75, 3.05) is 33.0 Å². The number of quaternary nitrogens is 1. The standard InChI is InChI=1S/C16H20N4O3S2/c1-19(2)25(22,23)12-6-4-11(5-7-12)15(21)18-16-17-13-8-9-20(3)10-14(13)24-16/h4-7H,8-10H2,1-3H3,(H,17,18,21)/p+1. The SMILES string of the molecule is CN(C)S(=O)(=O)c1ccc(C(=O)Nc2nc3c(s2)C[NH+](C)CC3)cc1. The summed E-state index contributed by atoms with van der Waals surface area (Å²) in [6.07, 6.45) is 0.921. The maximum absolute atomic E-state index is 12.4. The van der Waals surface area contributed by atoms with Gasteiger partial charge in [-0.25, -0.2) is 17.7 Å². The molecule has 0 saturated carbocycles. The van der Waals surface area contributed by atoms with Crippen molar-refractivity contribution in [2.24, 2.45) is 0 Å². The minimum absolute atomic E-state index is 0.157. The van der Waals surface area contributed by atoms with E-state index in [4.69, 9.17) is 0 Å². The molecule has 1 aliphatic heterocycles. The summed E-state index contributed by atoms with van der Waals surface area (Å²) in [5.74, 6) is -0.291. The summed E-state index contributed by atoms with van der Waals surface area (Å²) < 4.78 is 25.3. The van der Waals surface area contributed by atoms with Crippen LogP contribution < -0.4 is 10.2 Å². The van der Waals surface area contributed by atoms with Crippen molar-refractivity contribution in [1.29, 1.82) is 0 Å². The van der Waals surface area contributed by atoms with E-state index in [1.54, 1.807) is 0 Å². The number of hydrogen-bond donors (Lipinski definition) is 2. The first-order valence-corrected chi connectivity index (χ1v) is 10.2. The molecule has 0 radical (unpaired) electrons. The number of carbonyl (C=O) groups is 1. The van der Waals surface area contributed by atoms with Crippen LogP contribution in [0.1, 0.15) is 20.9 Å². The number of hydrogen-bond acceptors (Lipinski definition) is 5. The van der Waals surface area contributed by atoms with Crippen LogP contribution in [0.15, 0.2) is 29.2 Å². The first-order valence-electron chi connectivity index (χ1n) is 7.91. The summed E-state index contributed by atoms with van der Waals surface area (Å²) in [6, 6.07) is 5.90. The van der Waals surface area contributed by atoms with Gasteiger partial charge in [0.1, 0.15) is 6.54 Å². The number of thiazole rings is 1. The van der Waals surface area contributed by atoms with Crippen LogP contribution in [0, 0.1) is 0 Å². The van der Waals surface area contributed by atoms with Gasteiger partial charge in [-0.05, 0) is 24.3 Å². The Kier molecular flexibility index (Phi) is 4.92. The Bertz CT molecular complexity index is 889. The van der Waals surface area contributed by atoms with Crippen LogP contribution >= 0.6 is 11.3 Å². The third kappa shape index (κ3) is 3.74. The topological polar surface area (TPSA) is 83.8 Å². The molecule has 2 N–H and O–H groups in total. The number of likely N-dealkylation sites (N-methyl/N-ethyl adjacent to an activating group) is 1. The number of fused-ring (bicyclic) bond motifs is 1. The lowest BCUT2D eigenvalue weighted by Crippen LogP contribution is -3.08. The Morgan fingerprint density at radius 2 is 1.96 bits per heavy atom. The molecular weight excluding hydrogens is 360 g/mol. The number of anilines is 1. The van der Waals surface area contributed by atoms with Crippen LogP contribution in [-0.2, 0) is 23.0 Å². The second kappa shape index (κ2) is 6.83. The molecule has 1 aromatic heterocycles. The third-order valence-electron chi connectivity index (χ3n) is 4.14. The molecule has 1 amide bonds. The normalized spacial score (nSPS) is 17.4. The van der Waals surface area contributed by atoms with Crippen molar-refractivity contribution in [1.82, 2.24) is 9.29 Å². The first-order chi connectivity index (χ1) is 11.8. The average Bonchev–Trinajstić information content (AvgIpc) is 2.96. The van der Waals surface area contributed by atoms with Crippen LogP contribution in [0.3, 0.4) is 0 Å². The molecule has 1 atom stereocenters. The zero-order valence-corrected chi connectivity index (χ0v) is 16.0. The summed E-state index contributed by atoms with van der Waals surface area (Å²) in [4.78, 5) is 19.7. The van der Waals surface area contributed by atoms with E-state index < -0.39 is 10.0 Å². The van der Waals surface area contributed by atoms with Gasteiger partial charge in [0.15, 0.2) is 5.13 Å². The number of aromatic nitrogens is 1. The van der Waals surface area contributed by atoms with Crippen LogP contribution in [0.4, 0.5) is 5.13 Å². The zero-order valence-electron chi connectivity index (χ0n) is 14.4. The highest BCUT2D eigenvalue weighted by molar-refractivity contribution is 7.89. The molecule has 1 aromatic carbocycles. The monoisotopic (exact) mass is 381 g/mol. The smallest absolute Gasteiger partial charge is 0.257 e. The highest BCUT2D eigenvalue weighted by Gasteiger charge is 2.22. The number of benzene rings is 1. The van der Waals surface area contributed by atoms with E-state index in [1.165, 1.54) is 59.5 Å². The summed E-state index contributed by atoms with van der Waals surface area (Å²) in [7, 11) is 1.59. The van der Waals surface area contributed by atoms with Crippen LogP contribution in [0.5, 0.6) is 0 Å². The molecule has 25 heavy (non-hydrogen) atoms. The number of amides is 1. The van der Waals surface area contributed by atoms with Crippen molar-refractivity contribution in [3.63, 3.8) is 0 Å². The number of nitrogens with one attached hydrogen (secondary N) is 2. The molecule has 2 heterocycles. The zero-order chi connectivity index (χ0) is 18.2. The van der Waals surface area contributed by atoms with Gasteiger partial charge >= 0.3 is 0 Å². The third-order valence-corrected chi connectivity index (χ3v) is 6.99. The van der Waals surface area contributed by atoms with Gasteiger partial charge in [-0.15, -0.1) is 0 Å². The van der Waals surface area contributed by atoms with Gasteiger partial charge in [0.25, 0.3) is 5.91 Å². The van der Waals surface area contributed by atoms with Crippen LogP contribution in [0.25, 0.3) is 0 Å². The van der Waals surface area contributed by atoms with Crippen molar-refractivity contribution >= 4 is 32.4 Å². The van der Waals surface area contributed by atoms with E-state index in [9.17, 15) is 13.2 Å². The molecule has 134 valence electrons. The molecule has 0 bridgehead atoms. The summed E-state index contributed by atoms with van der Waals surface area (Å²) in [6.45, 7) is 1.98. The number of sulfonamides is 1. The molecule has 0 fully saturated rings. The van der Waals surface area contributed by atoms with Crippen molar-refractivity contribution in [3.8, 4) is 0 Å². The van der Waals surface area contributed by atoms with E-state index >= 15 is 0 Å². The Morgan fingerprint density at radius 1 is 1.28 bits per heavy atom. The summed E-state index contributed by atoms with van der Waals surface area (Å²) in [5, 5.41) is 3.40. The lowest BCUT2D eigenvalue weighted by Gasteiger charge is -2.17. The fourth-order valence-corrected chi connectivity index (χ4v) is 4.64. The highest BCUT2D eigenvalue weighted by atomic mass is 32.2. The van der Waals surface area contributed by atoms with E-state index in [0.717, 1.165) is 29.5 Å². The predicted octanol–water partition coefficient (Wildman–Crippen LogP) is 0.217. The number of carbonyl (C=O) groups excluding carboxylic acids is 1. The maximum Gasteiger partial charge on any atom is 0.257 e. The van der Waals surface area contributed by atoms with Gasteiger partial charge in [-0.3, -0.25) is 10.1 Å². The Hall–Kier alpha value is -1.81. The molecule has 1 unspecified atom stereocenters. The van der Waals surface area contributed by atoms with Crippen molar-refractivity contribution in [2.45, 2.75) is 17.9 Å². The average molecular weight is 382 g/mol. The molecule has 0 spiro atoms. The fraction of sp³-hybridized carbons (Fsp3) is 0.375. The van der Waals surface area contributed by atoms with Gasteiger partial charge in [0, 0.05) is 26.1 Å². The van der Waals surface area contributed by atoms with E-state index in [-0.39, 0.29) is 10.8 Å². The van der Waals surface area contributed by atoms with E-state index in [0.29, 0.717) is 10.7 Å². The fourth-order valence-electron chi connectivity index (χ4n) is 2.62. The first kappa shape index (κ1) is 18.0. The van der Waals surface area contributed by atoms with Crippen LogP contribution in [-0.4, -0.2) is 51.3 Å². The molecule has 1 aliphatic rings. The summed E-state index contributed by atoms with van der Waals surface area (Å²) >= 11 is 1.51. The lowest BCUT2D eigenvalue weighted by molar-refractivity contribution is -0.895. The minimum atomic E-state index is -3.50. The molecule has 2 aromatic rings. The van der Waals surface area contributed by atoms with E-state index in [1.807, 2.05) is 0 Å². The van der Waals surface area contributed by atoms with Crippen molar-refractivity contribution in [3.05, 3.63) is 40.4 Å². The number of rotatable bonds is 4. The minimum Gasteiger partial charge on any atom is -0.333 e. The molecular formula is C16H21N4O3S2+. The quantitative estimate of drug-likeness (QED) is 0.793. The van der Waals surface area contributed by atoms with Gasteiger partial charge in [0.2, 0.25) is 10.0 Å². The summed E-state index contributed by atoms with van der Waals surface area (Å²) in [5.41, 5.74) is 1.46. The van der Waals surface area contributed by atoms with Gasteiger partial charge < -0.3 is 4.90 Å². The predicted molar refractivity (Wildman–Crippen MR) is 96.5 cm³/mol. The lowest BCUT2D eigenvalue weighted by atomic mass is 10.2. The maximum atomic E-state index is 12.4. The molecule has 7 nitrogen and oxygen atoms in total. The highest BCUT2D eigenvalue weighted by Crippen LogP contribution is 2.25. The largest absolute Gasteiger partial charge is 0.333 e. The van der Waals surface area contributed by atoms with Gasteiger partial charge in [-0.2, -0.15) is 0 Å². The van der Waals surface area contributed by atoms with Gasteiger partial charge in [-0.1, -0.05) is 11.3 Å². The van der Waals surface area contributed by atoms with Gasteiger partial charge in [0.05, 0.1) is 29.1 Å². The van der Waals surface area contributed by atoms with Crippen molar-refractivity contribution < 1.29 is 18.1 Å².